The number of nitrogens with one attached hydrogen (secondary N) is 1. The van der Waals surface area contributed by atoms with Gasteiger partial charge in [0, 0.05) is 12.2 Å². The molecule has 0 saturated heterocycles. The molecule has 1 atom stereocenters. The number of ether oxygens (including phenoxy) is 1. The van der Waals surface area contributed by atoms with E-state index in [4.69, 9.17) is 9.84 Å². The average Bonchev–Trinajstić information content (AvgIpc) is 2.59. The molecule has 24 heavy (non-hydrogen) atoms. The molecule has 1 unspecified atom stereocenters. The molecule has 2 rings (SSSR count). The van der Waals surface area contributed by atoms with E-state index in [1.165, 1.54) is 12.1 Å². The van der Waals surface area contributed by atoms with Gasteiger partial charge in [0.05, 0.1) is 5.56 Å². The van der Waals surface area contributed by atoms with Crippen molar-refractivity contribution in [3.63, 3.8) is 0 Å². The van der Waals surface area contributed by atoms with Crippen LogP contribution in [-0.2, 0) is 6.42 Å². The molecule has 0 radical (unpaired) electrons. The Morgan fingerprint density at radius 1 is 1.25 bits per heavy atom. The van der Waals surface area contributed by atoms with Gasteiger partial charge in [-0.1, -0.05) is 30.3 Å². The summed E-state index contributed by atoms with van der Waals surface area (Å²) >= 11 is 0. The lowest BCUT2D eigenvalue weighted by atomic mass is 10.1. The van der Waals surface area contributed by atoms with Crippen molar-refractivity contribution in [1.82, 2.24) is 0 Å². The Kier molecular flexibility index (Phi) is 6.40. The number of hydrogen-bond donors (Lipinski definition) is 3. The fourth-order valence-corrected chi connectivity index (χ4v) is 2.21. The Hall–Kier alpha value is -2.79. The van der Waals surface area contributed by atoms with E-state index in [1.54, 1.807) is 18.2 Å². The van der Waals surface area contributed by atoms with Crippen LogP contribution in [0, 0.1) is 0 Å². The largest absolute Gasteiger partial charge is 0.491 e. The maximum Gasteiger partial charge on any atom is 0.335 e. The minimum atomic E-state index is -0.985. The smallest absolute Gasteiger partial charge is 0.335 e. The second-order valence-corrected chi connectivity index (χ2v) is 5.33. The third kappa shape index (κ3) is 5.14. The summed E-state index contributed by atoms with van der Waals surface area (Å²) in [4.78, 5) is 10.9. The van der Waals surface area contributed by atoms with E-state index >= 15 is 0 Å². The SMILES string of the molecule is C=CCc1ccccc1OCC(O)CNc1cccc(C(=O)O)c1. The molecular weight excluding hydrogens is 306 g/mol. The minimum Gasteiger partial charge on any atom is -0.491 e. The molecule has 0 spiro atoms. The van der Waals surface area contributed by atoms with Crippen LogP contribution >= 0.6 is 0 Å². The van der Waals surface area contributed by atoms with Gasteiger partial charge >= 0.3 is 5.97 Å². The van der Waals surface area contributed by atoms with Crippen molar-refractivity contribution in [1.29, 1.82) is 0 Å². The first-order valence-corrected chi connectivity index (χ1v) is 7.67. The summed E-state index contributed by atoms with van der Waals surface area (Å²) in [6, 6.07) is 14.1. The summed E-state index contributed by atoms with van der Waals surface area (Å²) < 4.78 is 5.67. The van der Waals surface area contributed by atoms with Gasteiger partial charge in [-0.05, 0) is 36.2 Å². The fourth-order valence-electron chi connectivity index (χ4n) is 2.21. The first-order valence-electron chi connectivity index (χ1n) is 7.67. The van der Waals surface area contributed by atoms with Crippen molar-refractivity contribution in [3.8, 4) is 5.75 Å². The maximum atomic E-state index is 10.9. The maximum absolute atomic E-state index is 10.9. The number of aliphatic hydroxyl groups is 1. The highest BCUT2D eigenvalue weighted by molar-refractivity contribution is 5.88. The molecule has 2 aromatic carbocycles. The average molecular weight is 327 g/mol. The van der Waals surface area contributed by atoms with E-state index in [0.717, 1.165) is 11.3 Å². The monoisotopic (exact) mass is 327 g/mol. The van der Waals surface area contributed by atoms with Crippen LogP contribution in [0.15, 0.2) is 61.2 Å². The number of anilines is 1. The van der Waals surface area contributed by atoms with Crippen LogP contribution in [0.25, 0.3) is 0 Å². The molecule has 2 aromatic rings. The number of carbonyl (C=O) groups is 1. The van der Waals surface area contributed by atoms with Gasteiger partial charge in [-0.3, -0.25) is 0 Å². The van der Waals surface area contributed by atoms with E-state index in [-0.39, 0.29) is 18.7 Å². The Morgan fingerprint density at radius 2 is 2.04 bits per heavy atom. The third-order valence-electron chi connectivity index (χ3n) is 3.42. The second kappa shape index (κ2) is 8.74. The summed E-state index contributed by atoms with van der Waals surface area (Å²) in [5, 5.41) is 22.0. The predicted molar refractivity (Wildman–Crippen MR) is 93.7 cm³/mol. The Balaban J connectivity index is 1.86. The van der Waals surface area contributed by atoms with Gasteiger partial charge in [-0.15, -0.1) is 6.58 Å². The second-order valence-electron chi connectivity index (χ2n) is 5.33. The lowest BCUT2D eigenvalue weighted by Gasteiger charge is -2.16. The van der Waals surface area contributed by atoms with Crippen molar-refractivity contribution in [2.24, 2.45) is 0 Å². The van der Waals surface area contributed by atoms with E-state index in [2.05, 4.69) is 11.9 Å². The van der Waals surface area contributed by atoms with Gasteiger partial charge in [-0.25, -0.2) is 4.79 Å². The van der Waals surface area contributed by atoms with Crippen LogP contribution in [-0.4, -0.2) is 35.4 Å². The van der Waals surface area contributed by atoms with Gasteiger partial charge in [0.1, 0.15) is 18.5 Å². The predicted octanol–water partition coefficient (Wildman–Crippen LogP) is 2.97. The molecule has 126 valence electrons. The third-order valence-corrected chi connectivity index (χ3v) is 3.42. The summed E-state index contributed by atoms with van der Waals surface area (Å²) in [5.74, 6) is -0.259. The normalized spacial score (nSPS) is 11.5. The quantitative estimate of drug-likeness (QED) is 0.617. The Bertz CT molecular complexity index is 699. The standard InChI is InChI=1S/C19H21NO4/c1-2-6-14-7-3-4-10-18(14)24-13-17(21)12-20-16-9-5-8-15(11-16)19(22)23/h2-5,7-11,17,20-21H,1,6,12-13H2,(H,22,23). The fraction of sp³-hybridized carbons (Fsp3) is 0.211. The van der Waals surface area contributed by atoms with Crippen LogP contribution in [0.2, 0.25) is 0 Å². The molecule has 0 fully saturated rings. The number of benzene rings is 2. The number of carboxylic acid groups (broad SMARTS) is 1. The van der Waals surface area contributed by atoms with E-state index < -0.39 is 12.1 Å². The Labute approximate surface area is 141 Å². The summed E-state index contributed by atoms with van der Waals surface area (Å²) in [6.07, 6.45) is 1.78. The summed E-state index contributed by atoms with van der Waals surface area (Å²) in [7, 11) is 0. The topological polar surface area (TPSA) is 78.8 Å². The lowest BCUT2D eigenvalue weighted by Crippen LogP contribution is -2.26. The number of hydrogen-bond acceptors (Lipinski definition) is 4. The molecule has 5 nitrogen and oxygen atoms in total. The molecule has 0 aliphatic rings. The highest BCUT2D eigenvalue weighted by Crippen LogP contribution is 2.19. The molecule has 0 aliphatic heterocycles. The molecule has 0 aliphatic carbocycles. The molecule has 3 N–H and O–H groups in total. The number of para-hydroxylation sites is 1. The number of aliphatic hydroxyl groups excluding tert-OH is 1. The summed E-state index contributed by atoms with van der Waals surface area (Å²) in [5.41, 5.74) is 1.85. The van der Waals surface area contributed by atoms with Gasteiger partial charge < -0.3 is 20.3 Å². The van der Waals surface area contributed by atoms with Gasteiger partial charge in [0.15, 0.2) is 0 Å². The molecule has 5 heteroatoms. The van der Waals surface area contributed by atoms with E-state index in [0.29, 0.717) is 12.1 Å². The zero-order chi connectivity index (χ0) is 17.4. The number of allylic oxidation sites excluding steroid dienone is 1. The van der Waals surface area contributed by atoms with E-state index in [9.17, 15) is 9.90 Å². The lowest BCUT2D eigenvalue weighted by molar-refractivity contribution is 0.0697. The van der Waals surface area contributed by atoms with Gasteiger partial charge in [-0.2, -0.15) is 0 Å². The zero-order valence-electron chi connectivity index (χ0n) is 13.3. The molecule has 0 saturated carbocycles. The number of aromatic carboxylic acids is 1. The van der Waals surface area contributed by atoms with Crippen LogP contribution in [0.5, 0.6) is 5.75 Å². The molecule has 0 bridgehead atoms. The molecule has 0 heterocycles. The van der Waals surface area contributed by atoms with Crippen molar-refractivity contribution in [2.45, 2.75) is 12.5 Å². The highest BCUT2D eigenvalue weighted by atomic mass is 16.5. The van der Waals surface area contributed by atoms with Crippen molar-refractivity contribution >= 4 is 11.7 Å². The minimum absolute atomic E-state index is 0.139. The first-order chi connectivity index (χ1) is 11.6. The Morgan fingerprint density at radius 3 is 2.79 bits per heavy atom. The van der Waals surface area contributed by atoms with Crippen molar-refractivity contribution in [3.05, 3.63) is 72.3 Å². The van der Waals surface area contributed by atoms with Crippen LogP contribution in [0.4, 0.5) is 5.69 Å². The number of carboxylic acids is 1. The van der Waals surface area contributed by atoms with Gasteiger partial charge in [0.25, 0.3) is 0 Å². The highest BCUT2D eigenvalue weighted by Gasteiger charge is 2.08. The van der Waals surface area contributed by atoms with Crippen LogP contribution in [0.1, 0.15) is 15.9 Å². The molecule has 0 aromatic heterocycles. The van der Waals surface area contributed by atoms with Crippen LogP contribution < -0.4 is 10.1 Å². The first kappa shape index (κ1) is 17.6. The summed E-state index contributed by atoms with van der Waals surface area (Å²) in [6.45, 7) is 4.11. The van der Waals surface area contributed by atoms with E-state index in [1.807, 2.05) is 24.3 Å². The van der Waals surface area contributed by atoms with Crippen molar-refractivity contribution in [2.75, 3.05) is 18.5 Å². The number of rotatable bonds is 9. The molecule has 0 amide bonds. The van der Waals surface area contributed by atoms with Crippen LogP contribution in [0.3, 0.4) is 0 Å². The zero-order valence-corrected chi connectivity index (χ0v) is 13.3. The van der Waals surface area contributed by atoms with Crippen molar-refractivity contribution < 1.29 is 19.7 Å². The van der Waals surface area contributed by atoms with Gasteiger partial charge in [0.2, 0.25) is 0 Å². The molecular formula is C19H21NO4.